The van der Waals surface area contributed by atoms with E-state index in [2.05, 4.69) is 5.32 Å². The van der Waals surface area contributed by atoms with Crippen molar-refractivity contribution in [2.45, 2.75) is 44.6 Å². The Labute approximate surface area is 137 Å². The summed E-state index contributed by atoms with van der Waals surface area (Å²) < 4.78 is 0. The fourth-order valence-corrected chi connectivity index (χ4v) is 3.51. The van der Waals surface area contributed by atoms with E-state index in [0.29, 0.717) is 11.5 Å². The lowest BCUT2D eigenvalue weighted by Gasteiger charge is -2.24. The van der Waals surface area contributed by atoms with E-state index < -0.39 is 0 Å². The van der Waals surface area contributed by atoms with E-state index in [1.54, 1.807) is 0 Å². The monoisotopic (exact) mass is 309 g/mol. The molecule has 1 N–H and O–H groups in total. The second kappa shape index (κ2) is 7.40. The van der Waals surface area contributed by atoms with Crippen LogP contribution in [0.3, 0.4) is 0 Å². The summed E-state index contributed by atoms with van der Waals surface area (Å²) in [5.41, 5.74) is 0.610. The maximum absolute atomic E-state index is 12.4. The molecule has 3 nitrogen and oxygen atoms in total. The number of hydrogen-bond acceptors (Lipinski definition) is 2. The third kappa shape index (κ3) is 3.98. The molecule has 0 heterocycles. The summed E-state index contributed by atoms with van der Waals surface area (Å²) in [6.45, 7) is 0. The molecule has 23 heavy (non-hydrogen) atoms. The molecule has 120 valence electrons. The summed E-state index contributed by atoms with van der Waals surface area (Å²) in [5.74, 6) is 0.402. The average Bonchev–Trinajstić information content (AvgIpc) is 2.61. The quantitative estimate of drug-likeness (QED) is 0.845. The van der Waals surface area contributed by atoms with Crippen LogP contribution >= 0.6 is 0 Å². The smallest absolute Gasteiger partial charge is 0.251 e. The molecular formula is C20H23NO2. The number of benzene rings is 2. The first-order chi connectivity index (χ1) is 11.3. The highest BCUT2D eigenvalue weighted by Gasteiger charge is 2.20. The summed E-state index contributed by atoms with van der Waals surface area (Å²) in [6, 6.07) is 13.2. The molecule has 1 fully saturated rings. The standard InChI is InChI=1S/C20H23NO2/c22-14-19(12-15-6-2-1-3-7-15)21-20(23)18-11-10-16-8-4-5-9-17(16)13-18/h4-5,8-11,13-15,19H,1-3,6-7,12H2,(H,21,23)/t19-/m1/s1. The van der Waals surface area contributed by atoms with E-state index >= 15 is 0 Å². The van der Waals surface area contributed by atoms with E-state index in [9.17, 15) is 9.59 Å². The minimum Gasteiger partial charge on any atom is -0.343 e. The van der Waals surface area contributed by atoms with E-state index in [1.807, 2.05) is 42.5 Å². The highest BCUT2D eigenvalue weighted by Crippen LogP contribution is 2.27. The van der Waals surface area contributed by atoms with Gasteiger partial charge in [0.25, 0.3) is 5.91 Å². The molecule has 1 saturated carbocycles. The number of carbonyl (C=O) groups is 2. The van der Waals surface area contributed by atoms with Gasteiger partial charge in [-0.15, -0.1) is 0 Å². The van der Waals surface area contributed by atoms with Gasteiger partial charge in [-0.3, -0.25) is 4.79 Å². The van der Waals surface area contributed by atoms with Gasteiger partial charge in [0.15, 0.2) is 0 Å². The van der Waals surface area contributed by atoms with Gasteiger partial charge in [0.2, 0.25) is 0 Å². The van der Waals surface area contributed by atoms with Crippen molar-refractivity contribution in [1.29, 1.82) is 0 Å². The summed E-state index contributed by atoms with van der Waals surface area (Å²) in [6.07, 6.45) is 7.79. The van der Waals surface area contributed by atoms with Crippen molar-refractivity contribution in [2.75, 3.05) is 0 Å². The third-order valence-corrected chi connectivity index (χ3v) is 4.80. The fourth-order valence-electron chi connectivity index (χ4n) is 3.51. The van der Waals surface area contributed by atoms with Crippen LogP contribution in [-0.2, 0) is 4.79 Å². The summed E-state index contributed by atoms with van der Waals surface area (Å²) in [4.78, 5) is 23.8. The average molecular weight is 309 g/mol. The Morgan fingerprint density at radius 2 is 1.83 bits per heavy atom. The van der Waals surface area contributed by atoms with Gasteiger partial charge in [0.1, 0.15) is 6.29 Å². The minimum atomic E-state index is -0.378. The number of carbonyl (C=O) groups excluding carboxylic acids is 2. The summed E-state index contributed by atoms with van der Waals surface area (Å²) in [7, 11) is 0. The zero-order valence-corrected chi connectivity index (χ0v) is 13.3. The zero-order valence-electron chi connectivity index (χ0n) is 13.3. The predicted octanol–water partition coefficient (Wildman–Crippen LogP) is 4.11. The first-order valence-electron chi connectivity index (χ1n) is 8.51. The molecule has 0 aromatic heterocycles. The Balaban J connectivity index is 1.66. The third-order valence-electron chi connectivity index (χ3n) is 4.80. The number of aldehydes is 1. The molecule has 2 aromatic carbocycles. The minimum absolute atomic E-state index is 0.163. The molecule has 0 unspecified atom stereocenters. The molecule has 2 aromatic rings. The molecule has 0 spiro atoms. The van der Waals surface area contributed by atoms with E-state index in [4.69, 9.17) is 0 Å². The highest BCUT2D eigenvalue weighted by molar-refractivity contribution is 5.99. The molecule has 0 radical (unpaired) electrons. The van der Waals surface area contributed by atoms with Gasteiger partial charge in [0, 0.05) is 5.56 Å². The van der Waals surface area contributed by atoms with Crippen LogP contribution in [0, 0.1) is 5.92 Å². The SMILES string of the molecule is O=C[C@@H](CC1CCCCC1)NC(=O)c1ccc2ccccc2c1. The van der Waals surface area contributed by atoms with Crippen molar-refractivity contribution in [3.05, 3.63) is 48.0 Å². The Morgan fingerprint density at radius 1 is 1.09 bits per heavy atom. The van der Waals surface area contributed by atoms with Crippen molar-refractivity contribution in [1.82, 2.24) is 5.32 Å². The van der Waals surface area contributed by atoms with Gasteiger partial charge >= 0.3 is 0 Å². The van der Waals surface area contributed by atoms with Crippen LogP contribution in [0.2, 0.25) is 0 Å². The van der Waals surface area contributed by atoms with Crippen LogP contribution < -0.4 is 5.32 Å². The molecule has 0 aliphatic heterocycles. The van der Waals surface area contributed by atoms with Crippen molar-refractivity contribution in [2.24, 2.45) is 5.92 Å². The molecule has 0 saturated heterocycles. The fraction of sp³-hybridized carbons (Fsp3) is 0.400. The molecular weight excluding hydrogens is 286 g/mol. The number of hydrogen-bond donors (Lipinski definition) is 1. The molecule has 1 atom stereocenters. The van der Waals surface area contributed by atoms with Crippen LogP contribution in [0.5, 0.6) is 0 Å². The molecule has 0 bridgehead atoms. The Hall–Kier alpha value is -2.16. The van der Waals surface area contributed by atoms with Gasteiger partial charge in [-0.05, 0) is 35.2 Å². The van der Waals surface area contributed by atoms with Gasteiger partial charge < -0.3 is 10.1 Å². The number of fused-ring (bicyclic) bond motifs is 1. The topological polar surface area (TPSA) is 46.2 Å². The lowest BCUT2D eigenvalue weighted by molar-refractivity contribution is -0.109. The zero-order chi connectivity index (χ0) is 16.1. The van der Waals surface area contributed by atoms with Crippen LogP contribution in [0.1, 0.15) is 48.9 Å². The molecule has 3 rings (SSSR count). The summed E-state index contributed by atoms with van der Waals surface area (Å²) >= 11 is 0. The normalized spacial score (nSPS) is 16.9. The molecule has 1 aliphatic rings. The predicted molar refractivity (Wildman–Crippen MR) is 92.5 cm³/mol. The second-order valence-corrected chi connectivity index (χ2v) is 6.52. The maximum atomic E-state index is 12.4. The lowest BCUT2D eigenvalue weighted by atomic mass is 9.85. The van der Waals surface area contributed by atoms with Crippen LogP contribution in [-0.4, -0.2) is 18.2 Å². The van der Waals surface area contributed by atoms with Crippen LogP contribution in [0.15, 0.2) is 42.5 Å². The lowest BCUT2D eigenvalue weighted by Crippen LogP contribution is -2.37. The Morgan fingerprint density at radius 3 is 2.57 bits per heavy atom. The van der Waals surface area contributed by atoms with Crippen molar-refractivity contribution >= 4 is 23.0 Å². The van der Waals surface area contributed by atoms with Gasteiger partial charge in [-0.1, -0.05) is 62.4 Å². The Bertz CT molecular complexity index is 689. The van der Waals surface area contributed by atoms with Crippen molar-refractivity contribution < 1.29 is 9.59 Å². The second-order valence-electron chi connectivity index (χ2n) is 6.52. The number of nitrogens with one attached hydrogen (secondary N) is 1. The molecule has 1 aliphatic carbocycles. The molecule has 3 heteroatoms. The summed E-state index contributed by atoms with van der Waals surface area (Å²) in [5, 5.41) is 5.03. The number of rotatable bonds is 5. The molecule has 1 amide bonds. The van der Waals surface area contributed by atoms with Gasteiger partial charge in [0.05, 0.1) is 6.04 Å². The van der Waals surface area contributed by atoms with E-state index in [-0.39, 0.29) is 11.9 Å². The van der Waals surface area contributed by atoms with Crippen molar-refractivity contribution in [3.8, 4) is 0 Å². The van der Waals surface area contributed by atoms with Crippen LogP contribution in [0.25, 0.3) is 10.8 Å². The van der Waals surface area contributed by atoms with Gasteiger partial charge in [-0.2, -0.15) is 0 Å². The van der Waals surface area contributed by atoms with E-state index in [1.165, 1.54) is 32.1 Å². The number of amides is 1. The first kappa shape index (κ1) is 15.7. The Kier molecular flexibility index (Phi) is 5.06. The van der Waals surface area contributed by atoms with Gasteiger partial charge in [-0.25, -0.2) is 0 Å². The largest absolute Gasteiger partial charge is 0.343 e. The maximum Gasteiger partial charge on any atom is 0.251 e. The van der Waals surface area contributed by atoms with E-state index in [0.717, 1.165) is 23.5 Å². The highest BCUT2D eigenvalue weighted by atomic mass is 16.2. The van der Waals surface area contributed by atoms with Crippen molar-refractivity contribution in [3.63, 3.8) is 0 Å². The van der Waals surface area contributed by atoms with Crippen LogP contribution in [0.4, 0.5) is 0 Å². The first-order valence-corrected chi connectivity index (χ1v) is 8.51.